The highest BCUT2D eigenvalue weighted by atomic mass is 16.5. The Labute approximate surface area is 171 Å². The number of carbonyl (C=O) groups is 1. The fourth-order valence-electron chi connectivity index (χ4n) is 3.31. The van der Waals surface area contributed by atoms with Gasteiger partial charge in [-0.25, -0.2) is 0 Å². The second-order valence-electron chi connectivity index (χ2n) is 7.06. The van der Waals surface area contributed by atoms with Gasteiger partial charge in [-0.15, -0.1) is 0 Å². The molecule has 0 bridgehead atoms. The van der Waals surface area contributed by atoms with Crippen molar-refractivity contribution in [2.24, 2.45) is 0 Å². The Morgan fingerprint density at radius 2 is 1.86 bits per heavy atom. The molecule has 0 aliphatic heterocycles. The maximum absolute atomic E-state index is 12.1. The van der Waals surface area contributed by atoms with E-state index in [1.54, 1.807) is 18.2 Å². The number of nitrogens with one attached hydrogen (secondary N) is 1. The minimum atomic E-state index is -0.237. The van der Waals surface area contributed by atoms with E-state index in [1.165, 1.54) is 26.4 Å². The number of nitriles is 1. The van der Waals surface area contributed by atoms with Gasteiger partial charge in [-0.3, -0.25) is 4.79 Å². The van der Waals surface area contributed by atoms with Crippen molar-refractivity contribution in [3.05, 3.63) is 53.6 Å². The summed E-state index contributed by atoms with van der Waals surface area (Å²) in [5.74, 6) is 1.48. The number of ether oxygens (including phenoxy) is 3. The molecule has 6 heteroatoms. The first-order chi connectivity index (χ1) is 14.2. The van der Waals surface area contributed by atoms with Crippen LogP contribution in [0.15, 0.2) is 42.5 Å². The molecule has 0 unspecified atom stereocenters. The Morgan fingerprint density at radius 3 is 2.55 bits per heavy atom. The van der Waals surface area contributed by atoms with Crippen molar-refractivity contribution in [3.8, 4) is 23.3 Å². The molecular formula is C23H26N2O4. The molecule has 29 heavy (non-hydrogen) atoms. The fraction of sp³-hybridized carbons (Fsp3) is 0.391. The summed E-state index contributed by atoms with van der Waals surface area (Å²) in [5.41, 5.74) is 1.46. The third kappa shape index (κ3) is 6.15. The molecule has 0 radical (unpaired) electrons. The third-order valence-corrected chi connectivity index (χ3v) is 4.92. The topological polar surface area (TPSA) is 80.6 Å². The lowest BCUT2D eigenvalue weighted by Crippen LogP contribution is -2.28. The molecule has 2 aromatic rings. The molecule has 0 spiro atoms. The molecule has 0 heterocycles. The Bertz CT molecular complexity index is 852. The Kier molecular flexibility index (Phi) is 7.34. The molecule has 1 saturated carbocycles. The molecule has 1 aliphatic rings. The molecule has 0 aromatic heterocycles. The standard InChI is InChI=1S/C23H26N2O4/c1-27-22-13-18(14-24)9-12-21(22)28-16-23(26)25-15-17-7-10-20(11-8-17)29-19-5-3-2-4-6-19/h7-13,19H,2-6,15-16H2,1H3,(H,25,26). The van der Waals surface area contributed by atoms with Crippen LogP contribution < -0.4 is 19.5 Å². The van der Waals surface area contributed by atoms with Gasteiger partial charge in [0.2, 0.25) is 0 Å². The number of methoxy groups -OCH3 is 1. The number of rotatable bonds is 8. The van der Waals surface area contributed by atoms with E-state index in [1.807, 2.05) is 30.3 Å². The molecular weight excluding hydrogens is 368 g/mol. The first-order valence-corrected chi connectivity index (χ1v) is 9.91. The van der Waals surface area contributed by atoms with Gasteiger partial charge in [0.15, 0.2) is 18.1 Å². The lowest BCUT2D eigenvalue weighted by molar-refractivity contribution is -0.123. The van der Waals surface area contributed by atoms with Crippen LogP contribution in [0, 0.1) is 11.3 Å². The van der Waals surface area contributed by atoms with E-state index in [0.29, 0.717) is 29.7 Å². The van der Waals surface area contributed by atoms with Crippen molar-refractivity contribution in [3.63, 3.8) is 0 Å². The van der Waals surface area contributed by atoms with E-state index in [0.717, 1.165) is 24.2 Å². The maximum Gasteiger partial charge on any atom is 0.258 e. The molecule has 1 amide bonds. The molecule has 2 aromatic carbocycles. The van der Waals surface area contributed by atoms with Gasteiger partial charge in [-0.2, -0.15) is 5.26 Å². The first kappa shape index (κ1) is 20.5. The van der Waals surface area contributed by atoms with E-state index in [4.69, 9.17) is 19.5 Å². The predicted octanol–water partition coefficient (Wildman–Crippen LogP) is 3.97. The summed E-state index contributed by atoms with van der Waals surface area (Å²) < 4.78 is 16.7. The Balaban J connectivity index is 1.44. The van der Waals surface area contributed by atoms with Gasteiger partial charge in [0.1, 0.15) is 5.75 Å². The second-order valence-corrected chi connectivity index (χ2v) is 7.06. The first-order valence-electron chi connectivity index (χ1n) is 9.91. The van der Waals surface area contributed by atoms with Crippen LogP contribution in [0.1, 0.15) is 43.2 Å². The average molecular weight is 394 g/mol. The molecule has 1 N–H and O–H groups in total. The van der Waals surface area contributed by atoms with E-state index < -0.39 is 0 Å². The van der Waals surface area contributed by atoms with Crippen LogP contribution >= 0.6 is 0 Å². The highest BCUT2D eigenvalue weighted by molar-refractivity contribution is 5.77. The third-order valence-electron chi connectivity index (χ3n) is 4.92. The SMILES string of the molecule is COc1cc(C#N)ccc1OCC(=O)NCc1ccc(OC2CCCCC2)cc1. The van der Waals surface area contributed by atoms with Crippen molar-refractivity contribution >= 4 is 5.91 Å². The summed E-state index contributed by atoms with van der Waals surface area (Å²) in [6.07, 6.45) is 6.37. The van der Waals surface area contributed by atoms with Crippen molar-refractivity contribution in [1.82, 2.24) is 5.32 Å². The van der Waals surface area contributed by atoms with Crippen LogP contribution in [0.25, 0.3) is 0 Å². The second kappa shape index (κ2) is 10.4. The summed E-state index contributed by atoms with van der Waals surface area (Å²) in [7, 11) is 1.49. The number of amides is 1. The minimum Gasteiger partial charge on any atom is -0.493 e. The van der Waals surface area contributed by atoms with E-state index in [2.05, 4.69) is 5.32 Å². The van der Waals surface area contributed by atoms with Crippen molar-refractivity contribution < 1.29 is 19.0 Å². The molecule has 0 atom stereocenters. The zero-order valence-electron chi connectivity index (χ0n) is 16.6. The molecule has 1 aliphatic carbocycles. The highest BCUT2D eigenvalue weighted by Crippen LogP contribution is 2.27. The summed E-state index contributed by atoms with van der Waals surface area (Å²) in [6, 6.07) is 14.7. The smallest absolute Gasteiger partial charge is 0.258 e. The van der Waals surface area contributed by atoms with E-state index in [-0.39, 0.29) is 12.5 Å². The summed E-state index contributed by atoms with van der Waals surface area (Å²) >= 11 is 0. The quantitative estimate of drug-likeness (QED) is 0.733. The minimum absolute atomic E-state index is 0.134. The summed E-state index contributed by atoms with van der Waals surface area (Å²) in [4.78, 5) is 12.1. The zero-order chi connectivity index (χ0) is 20.5. The number of hydrogen-bond acceptors (Lipinski definition) is 5. The van der Waals surface area contributed by atoms with Crippen LogP contribution in [0.2, 0.25) is 0 Å². The summed E-state index contributed by atoms with van der Waals surface area (Å²) in [6.45, 7) is 0.279. The number of nitrogens with zero attached hydrogens (tertiary/aromatic N) is 1. The largest absolute Gasteiger partial charge is 0.493 e. The average Bonchev–Trinajstić information content (AvgIpc) is 2.77. The van der Waals surface area contributed by atoms with Crippen LogP contribution in [-0.2, 0) is 11.3 Å². The lowest BCUT2D eigenvalue weighted by Gasteiger charge is -2.23. The molecule has 6 nitrogen and oxygen atoms in total. The number of benzene rings is 2. The van der Waals surface area contributed by atoms with E-state index in [9.17, 15) is 4.79 Å². The van der Waals surface area contributed by atoms with Crippen molar-refractivity contribution in [1.29, 1.82) is 5.26 Å². The van der Waals surface area contributed by atoms with Crippen LogP contribution in [0.5, 0.6) is 17.2 Å². The monoisotopic (exact) mass is 394 g/mol. The Morgan fingerprint density at radius 1 is 1.10 bits per heavy atom. The van der Waals surface area contributed by atoms with Crippen LogP contribution in [0.4, 0.5) is 0 Å². The summed E-state index contributed by atoms with van der Waals surface area (Å²) in [5, 5.41) is 11.8. The van der Waals surface area contributed by atoms with Gasteiger partial charge in [0, 0.05) is 12.6 Å². The van der Waals surface area contributed by atoms with E-state index >= 15 is 0 Å². The van der Waals surface area contributed by atoms with Crippen molar-refractivity contribution in [2.45, 2.75) is 44.8 Å². The van der Waals surface area contributed by atoms with Gasteiger partial charge in [0.25, 0.3) is 5.91 Å². The number of hydrogen-bond donors (Lipinski definition) is 1. The van der Waals surface area contributed by atoms with Gasteiger partial charge in [0.05, 0.1) is 24.8 Å². The maximum atomic E-state index is 12.1. The van der Waals surface area contributed by atoms with Gasteiger partial charge in [-0.05, 0) is 55.5 Å². The fourth-order valence-corrected chi connectivity index (χ4v) is 3.31. The Hall–Kier alpha value is -3.20. The molecule has 1 fully saturated rings. The van der Waals surface area contributed by atoms with Crippen molar-refractivity contribution in [2.75, 3.05) is 13.7 Å². The normalized spacial score (nSPS) is 13.9. The lowest BCUT2D eigenvalue weighted by atomic mass is 9.98. The number of carbonyl (C=O) groups excluding carboxylic acids is 1. The van der Waals surface area contributed by atoms with Crippen LogP contribution in [0.3, 0.4) is 0 Å². The highest BCUT2D eigenvalue weighted by Gasteiger charge is 2.14. The zero-order valence-corrected chi connectivity index (χ0v) is 16.6. The van der Waals surface area contributed by atoms with Crippen LogP contribution in [-0.4, -0.2) is 25.7 Å². The molecule has 152 valence electrons. The predicted molar refractivity (Wildman–Crippen MR) is 109 cm³/mol. The molecule has 0 saturated heterocycles. The molecule has 3 rings (SSSR count). The van der Waals surface area contributed by atoms with Gasteiger partial charge < -0.3 is 19.5 Å². The van der Waals surface area contributed by atoms with Gasteiger partial charge in [-0.1, -0.05) is 18.6 Å². The van der Waals surface area contributed by atoms with Gasteiger partial charge >= 0.3 is 0 Å².